The molecule has 0 aliphatic heterocycles. The van der Waals surface area contributed by atoms with E-state index in [0.29, 0.717) is 5.02 Å². The third-order valence-corrected chi connectivity index (χ3v) is 4.21. The molecular weight excluding hydrogens is 423 g/mol. The molecule has 0 bridgehead atoms. The minimum absolute atomic E-state index is 0.141. The average molecular weight is 445 g/mol. The molecule has 1 aromatic carbocycles. The Labute approximate surface area is 177 Å². The summed E-state index contributed by atoms with van der Waals surface area (Å²) < 4.78 is 15.7. The lowest BCUT2D eigenvalue weighted by atomic mass is 9.93. The molecule has 8 nitrogen and oxygen atoms in total. The molecule has 0 saturated carbocycles. The maximum atomic E-state index is 12.5. The molecule has 0 fully saturated rings. The number of aliphatic hydroxyl groups is 1. The van der Waals surface area contributed by atoms with Gasteiger partial charge >= 0.3 is 11.9 Å². The van der Waals surface area contributed by atoms with Crippen molar-refractivity contribution in [1.82, 2.24) is 4.98 Å². The van der Waals surface area contributed by atoms with Crippen LogP contribution in [-0.4, -0.2) is 40.3 Å². The number of hydrogen-bond acceptors (Lipinski definition) is 8. The standard InChI is InChI=1S/C19H22Cl2N2O6/c1-5-6-27-17(25)12(13(22)18(26)29-19(2,3)4)15(24)16-23-14-10(21)7-9(20)8-11(14)28-16/h5,7-8,12-13,15,24H,1,6,22H2,2-4H3/t12-,13?,15?/m0/s1. The summed E-state index contributed by atoms with van der Waals surface area (Å²) in [4.78, 5) is 29.0. The summed E-state index contributed by atoms with van der Waals surface area (Å²) in [5, 5.41) is 11.3. The van der Waals surface area contributed by atoms with Gasteiger partial charge in [-0.25, -0.2) is 4.98 Å². The van der Waals surface area contributed by atoms with Gasteiger partial charge in [-0.15, -0.1) is 0 Å². The normalized spacial score (nSPS) is 14.9. The predicted molar refractivity (Wildman–Crippen MR) is 107 cm³/mol. The Morgan fingerprint density at radius 2 is 2.00 bits per heavy atom. The lowest BCUT2D eigenvalue weighted by Gasteiger charge is -2.27. The van der Waals surface area contributed by atoms with Gasteiger partial charge < -0.3 is 24.7 Å². The van der Waals surface area contributed by atoms with Crippen molar-refractivity contribution in [3.8, 4) is 0 Å². The fourth-order valence-corrected chi connectivity index (χ4v) is 3.00. The lowest BCUT2D eigenvalue weighted by Crippen LogP contribution is -2.48. The molecule has 0 aliphatic rings. The van der Waals surface area contributed by atoms with E-state index < -0.39 is 35.6 Å². The molecule has 1 heterocycles. The molecular formula is C19H22Cl2N2O6. The van der Waals surface area contributed by atoms with Crippen molar-refractivity contribution in [3.05, 3.63) is 40.7 Å². The highest BCUT2D eigenvalue weighted by atomic mass is 35.5. The second-order valence-electron chi connectivity index (χ2n) is 7.24. The molecule has 10 heteroatoms. The zero-order valence-electron chi connectivity index (χ0n) is 16.1. The Kier molecular flexibility index (Phi) is 7.29. The van der Waals surface area contributed by atoms with Crippen molar-refractivity contribution in [3.63, 3.8) is 0 Å². The van der Waals surface area contributed by atoms with E-state index in [0.717, 1.165) is 0 Å². The second kappa shape index (κ2) is 9.13. The Morgan fingerprint density at radius 3 is 2.59 bits per heavy atom. The van der Waals surface area contributed by atoms with Crippen LogP contribution in [0.5, 0.6) is 0 Å². The molecule has 1 aromatic heterocycles. The van der Waals surface area contributed by atoms with Crippen LogP contribution in [0.2, 0.25) is 10.0 Å². The van der Waals surface area contributed by atoms with Gasteiger partial charge in [-0.2, -0.15) is 0 Å². The van der Waals surface area contributed by atoms with E-state index in [9.17, 15) is 14.7 Å². The Bertz CT molecular complexity index is 921. The van der Waals surface area contributed by atoms with Crippen molar-refractivity contribution < 1.29 is 28.6 Å². The molecule has 2 unspecified atom stereocenters. The zero-order chi connectivity index (χ0) is 21.9. The van der Waals surface area contributed by atoms with Crippen molar-refractivity contribution in [1.29, 1.82) is 0 Å². The topological polar surface area (TPSA) is 125 Å². The van der Waals surface area contributed by atoms with Gasteiger partial charge in [-0.05, 0) is 26.8 Å². The first-order chi connectivity index (χ1) is 13.4. The van der Waals surface area contributed by atoms with E-state index in [1.165, 1.54) is 18.2 Å². The van der Waals surface area contributed by atoms with Crippen molar-refractivity contribution in [2.45, 2.75) is 38.5 Å². The summed E-state index contributed by atoms with van der Waals surface area (Å²) in [7, 11) is 0. The van der Waals surface area contributed by atoms with Gasteiger partial charge in [0.25, 0.3) is 0 Å². The molecule has 0 aliphatic carbocycles. The number of ether oxygens (including phenoxy) is 2. The van der Waals surface area contributed by atoms with E-state index >= 15 is 0 Å². The number of carbonyl (C=O) groups excluding carboxylic acids is 2. The highest BCUT2D eigenvalue weighted by molar-refractivity contribution is 6.38. The maximum absolute atomic E-state index is 12.5. The molecule has 0 radical (unpaired) electrons. The van der Waals surface area contributed by atoms with Gasteiger partial charge in [0, 0.05) is 11.1 Å². The molecule has 29 heavy (non-hydrogen) atoms. The number of nitrogens with two attached hydrogens (primary N) is 1. The van der Waals surface area contributed by atoms with Crippen LogP contribution < -0.4 is 5.73 Å². The smallest absolute Gasteiger partial charge is 0.324 e. The summed E-state index contributed by atoms with van der Waals surface area (Å²) in [6.07, 6.45) is -0.376. The number of halogens is 2. The zero-order valence-corrected chi connectivity index (χ0v) is 17.7. The van der Waals surface area contributed by atoms with Crippen LogP contribution in [-0.2, 0) is 19.1 Å². The molecule has 0 spiro atoms. The van der Waals surface area contributed by atoms with E-state index in [2.05, 4.69) is 11.6 Å². The number of nitrogens with zero attached hydrogens (tertiary/aromatic N) is 1. The van der Waals surface area contributed by atoms with E-state index in [1.54, 1.807) is 20.8 Å². The predicted octanol–water partition coefficient (Wildman–Crippen LogP) is 3.18. The van der Waals surface area contributed by atoms with Gasteiger partial charge in [0.05, 0.1) is 5.02 Å². The number of carbonyl (C=O) groups is 2. The number of fused-ring (bicyclic) bond motifs is 1. The fraction of sp³-hybridized carbons (Fsp3) is 0.421. The number of aliphatic hydroxyl groups excluding tert-OH is 1. The molecule has 0 amide bonds. The number of aromatic nitrogens is 1. The quantitative estimate of drug-likeness (QED) is 0.492. The van der Waals surface area contributed by atoms with Crippen LogP contribution in [0.1, 0.15) is 32.8 Å². The third-order valence-electron chi connectivity index (χ3n) is 3.70. The minimum Gasteiger partial charge on any atom is -0.461 e. The largest absolute Gasteiger partial charge is 0.461 e. The molecule has 2 aromatic rings. The van der Waals surface area contributed by atoms with Gasteiger partial charge in [0.15, 0.2) is 5.58 Å². The van der Waals surface area contributed by atoms with E-state index in [-0.39, 0.29) is 28.6 Å². The monoisotopic (exact) mass is 444 g/mol. The fourth-order valence-electron chi connectivity index (χ4n) is 2.48. The van der Waals surface area contributed by atoms with Crippen LogP contribution in [0.15, 0.2) is 29.2 Å². The first-order valence-electron chi connectivity index (χ1n) is 8.64. The second-order valence-corrected chi connectivity index (χ2v) is 8.08. The average Bonchev–Trinajstić information content (AvgIpc) is 3.02. The van der Waals surface area contributed by atoms with Crippen LogP contribution in [0.25, 0.3) is 11.1 Å². The Balaban J connectivity index is 2.41. The molecule has 2 rings (SSSR count). The van der Waals surface area contributed by atoms with Gasteiger partial charge in [-0.1, -0.05) is 35.9 Å². The van der Waals surface area contributed by atoms with Crippen LogP contribution in [0.3, 0.4) is 0 Å². The first-order valence-corrected chi connectivity index (χ1v) is 9.39. The number of esters is 2. The summed E-state index contributed by atoms with van der Waals surface area (Å²) >= 11 is 12.0. The maximum Gasteiger partial charge on any atom is 0.324 e. The minimum atomic E-state index is -1.71. The van der Waals surface area contributed by atoms with Crippen LogP contribution >= 0.6 is 23.2 Å². The van der Waals surface area contributed by atoms with Crippen LogP contribution in [0, 0.1) is 5.92 Å². The lowest BCUT2D eigenvalue weighted by molar-refractivity contribution is -0.167. The Morgan fingerprint density at radius 1 is 1.34 bits per heavy atom. The molecule has 3 atom stereocenters. The highest BCUT2D eigenvalue weighted by Crippen LogP contribution is 2.33. The summed E-state index contributed by atoms with van der Waals surface area (Å²) in [6, 6.07) is 1.35. The number of benzene rings is 1. The van der Waals surface area contributed by atoms with Gasteiger partial charge in [-0.3, -0.25) is 9.59 Å². The SMILES string of the molecule is C=CCOC(=O)[C@@H](C(N)C(=O)OC(C)(C)C)C(O)c1nc2c(Cl)cc(Cl)cc2o1. The number of oxazole rings is 1. The summed E-state index contributed by atoms with van der Waals surface area (Å²) in [6.45, 7) is 8.24. The van der Waals surface area contributed by atoms with Crippen molar-refractivity contribution in [2.75, 3.05) is 6.61 Å². The first kappa shape index (κ1) is 23.2. The molecule has 3 N–H and O–H groups in total. The molecule has 158 valence electrons. The van der Waals surface area contributed by atoms with Crippen molar-refractivity contribution >= 4 is 46.2 Å². The summed E-state index contributed by atoms with van der Waals surface area (Å²) in [5.41, 5.74) is 5.53. The van der Waals surface area contributed by atoms with Gasteiger partial charge in [0.1, 0.15) is 35.8 Å². The number of rotatable bonds is 7. The molecule has 0 saturated heterocycles. The summed E-state index contributed by atoms with van der Waals surface area (Å²) in [5.74, 6) is -3.66. The van der Waals surface area contributed by atoms with E-state index in [1.807, 2.05) is 0 Å². The van der Waals surface area contributed by atoms with Gasteiger partial charge in [0.2, 0.25) is 5.89 Å². The van der Waals surface area contributed by atoms with Crippen molar-refractivity contribution in [2.24, 2.45) is 11.7 Å². The highest BCUT2D eigenvalue weighted by Gasteiger charge is 2.42. The number of hydrogen-bond donors (Lipinski definition) is 2. The Hall–Kier alpha value is -2.13. The van der Waals surface area contributed by atoms with E-state index in [4.69, 9.17) is 42.8 Å². The van der Waals surface area contributed by atoms with Crippen LogP contribution in [0.4, 0.5) is 0 Å². The third kappa shape index (κ3) is 5.70.